The molecule has 1 aromatic rings. The molecule has 0 bridgehead atoms. The molecule has 2 rings (SSSR count). The third-order valence-corrected chi connectivity index (χ3v) is 5.02. The third-order valence-electron chi connectivity index (χ3n) is 4.30. The first-order valence-corrected chi connectivity index (χ1v) is 8.69. The molecule has 0 saturated carbocycles. The lowest BCUT2D eigenvalue weighted by Gasteiger charge is -2.23. The van der Waals surface area contributed by atoms with Crippen LogP contribution in [0.15, 0.2) is 12.1 Å². The van der Waals surface area contributed by atoms with E-state index in [1.165, 1.54) is 19.2 Å². The van der Waals surface area contributed by atoms with E-state index in [0.717, 1.165) is 4.90 Å². The summed E-state index contributed by atoms with van der Waals surface area (Å²) in [5.41, 5.74) is 0.173. The Morgan fingerprint density at radius 1 is 1.15 bits per heavy atom. The number of rotatable bonds is 6. The van der Waals surface area contributed by atoms with Gasteiger partial charge < -0.3 is 10.1 Å². The topological polar surface area (TPSA) is 92.8 Å². The van der Waals surface area contributed by atoms with E-state index in [1.54, 1.807) is 6.92 Å². The Balaban J connectivity index is 2.16. The van der Waals surface area contributed by atoms with Gasteiger partial charge in [0, 0.05) is 0 Å². The fourth-order valence-corrected chi connectivity index (χ4v) is 2.91. The molecule has 26 heavy (non-hydrogen) atoms. The first-order valence-electron chi connectivity index (χ1n) is 7.93. The van der Waals surface area contributed by atoms with Crippen molar-refractivity contribution in [3.8, 4) is 0 Å². The Labute approximate surface area is 160 Å². The highest BCUT2D eigenvalue weighted by Crippen LogP contribution is 2.31. The highest BCUT2D eigenvalue weighted by Gasteiger charge is 2.38. The van der Waals surface area contributed by atoms with E-state index in [1.807, 2.05) is 6.92 Å². The lowest BCUT2D eigenvalue weighted by atomic mass is 9.99. The summed E-state index contributed by atoms with van der Waals surface area (Å²) < 4.78 is 4.70. The van der Waals surface area contributed by atoms with E-state index in [9.17, 15) is 19.2 Å². The number of ether oxygens (including phenoxy) is 1. The normalized spacial score (nSPS) is 15.5. The van der Waals surface area contributed by atoms with Crippen molar-refractivity contribution in [1.29, 1.82) is 0 Å². The monoisotopic (exact) mass is 400 g/mol. The molecule has 1 heterocycles. The first-order chi connectivity index (χ1) is 12.2. The Morgan fingerprint density at radius 2 is 1.65 bits per heavy atom. The molecule has 0 radical (unpaired) electrons. The van der Waals surface area contributed by atoms with E-state index < -0.39 is 36.3 Å². The molecule has 0 spiro atoms. The highest BCUT2D eigenvalue weighted by atomic mass is 35.5. The van der Waals surface area contributed by atoms with Gasteiger partial charge in [-0.1, -0.05) is 43.5 Å². The van der Waals surface area contributed by atoms with Gasteiger partial charge in [0.25, 0.3) is 11.8 Å². The summed E-state index contributed by atoms with van der Waals surface area (Å²) in [6.45, 7) is 3.13. The zero-order chi connectivity index (χ0) is 19.6. The van der Waals surface area contributed by atoms with Gasteiger partial charge in [0.2, 0.25) is 5.91 Å². The van der Waals surface area contributed by atoms with Crippen LogP contribution in [0.25, 0.3) is 0 Å². The molecule has 1 aliphatic heterocycles. The average Bonchev–Trinajstić information content (AvgIpc) is 2.83. The zero-order valence-electron chi connectivity index (χ0n) is 14.5. The van der Waals surface area contributed by atoms with Crippen molar-refractivity contribution in [1.82, 2.24) is 10.2 Å². The Morgan fingerprint density at radius 3 is 2.08 bits per heavy atom. The maximum absolute atomic E-state index is 12.4. The summed E-state index contributed by atoms with van der Waals surface area (Å²) in [6, 6.07) is 1.73. The lowest BCUT2D eigenvalue weighted by Crippen LogP contribution is -2.49. The van der Waals surface area contributed by atoms with E-state index in [-0.39, 0.29) is 27.1 Å². The van der Waals surface area contributed by atoms with Crippen LogP contribution in [-0.2, 0) is 14.3 Å². The fraction of sp³-hybridized carbons (Fsp3) is 0.412. The number of nitrogens with one attached hydrogen (secondary N) is 1. The van der Waals surface area contributed by atoms with Crippen molar-refractivity contribution in [2.45, 2.75) is 26.3 Å². The second-order valence-corrected chi connectivity index (χ2v) is 6.78. The average molecular weight is 401 g/mol. The van der Waals surface area contributed by atoms with E-state index in [0.29, 0.717) is 6.42 Å². The number of fused-ring (bicyclic) bond motifs is 1. The summed E-state index contributed by atoms with van der Waals surface area (Å²) in [4.78, 5) is 49.8. The maximum Gasteiger partial charge on any atom is 0.328 e. The van der Waals surface area contributed by atoms with Crippen molar-refractivity contribution < 1.29 is 23.9 Å². The molecular formula is C17H18Cl2N2O5. The molecule has 0 aliphatic carbocycles. The van der Waals surface area contributed by atoms with Crippen LogP contribution in [0.1, 0.15) is 41.0 Å². The van der Waals surface area contributed by atoms with Gasteiger partial charge >= 0.3 is 5.97 Å². The van der Waals surface area contributed by atoms with Crippen molar-refractivity contribution in [2.24, 2.45) is 5.92 Å². The molecule has 3 amide bonds. The van der Waals surface area contributed by atoms with E-state index in [2.05, 4.69) is 5.32 Å². The van der Waals surface area contributed by atoms with Crippen LogP contribution in [0.4, 0.5) is 0 Å². The number of hydrogen-bond acceptors (Lipinski definition) is 5. The van der Waals surface area contributed by atoms with Crippen LogP contribution in [-0.4, -0.2) is 48.3 Å². The smallest absolute Gasteiger partial charge is 0.328 e. The summed E-state index contributed by atoms with van der Waals surface area (Å²) in [6.07, 6.45) is 0.629. The second kappa shape index (κ2) is 8.05. The van der Waals surface area contributed by atoms with Gasteiger partial charge in [-0.2, -0.15) is 0 Å². The number of carbonyl (C=O) groups excluding carboxylic acids is 4. The van der Waals surface area contributed by atoms with Gasteiger partial charge in [-0.15, -0.1) is 0 Å². The quantitative estimate of drug-likeness (QED) is 0.583. The predicted octanol–water partition coefficient (Wildman–Crippen LogP) is 2.29. The first kappa shape index (κ1) is 20.2. The molecule has 0 saturated heterocycles. The van der Waals surface area contributed by atoms with Crippen LogP contribution in [0.2, 0.25) is 10.0 Å². The van der Waals surface area contributed by atoms with Gasteiger partial charge in [0.05, 0.1) is 28.3 Å². The molecular weight excluding hydrogens is 383 g/mol. The molecule has 140 valence electrons. The van der Waals surface area contributed by atoms with Gasteiger partial charge in [-0.25, -0.2) is 4.79 Å². The number of esters is 1. The predicted molar refractivity (Wildman–Crippen MR) is 95.2 cm³/mol. The summed E-state index contributed by atoms with van der Waals surface area (Å²) >= 11 is 11.8. The number of nitrogens with zero attached hydrogens (tertiary/aromatic N) is 1. The van der Waals surface area contributed by atoms with Gasteiger partial charge in [-0.05, 0) is 18.1 Å². The third kappa shape index (κ3) is 3.83. The summed E-state index contributed by atoms with van der Waals surface area (Å²) in [5, 5.41) is 2.80. The van der Waals surface area contributed by atoms with E-state index in [4.69, 9.17) is 27.9 Å². The summed E-state index contributed by atoms with van der Waals surface area (Å²) in [5.74, 6) is -2.69. The van der Waals surface area contributed by atoms with Gasteiger partial charge in [-0.3, -0.25) is 19.3 Å². The molecule has 1 aromatic carbocycles. The summed E-state index contributed by atoms with van der Waals surface area (Å²) in [7, 11) is 1.22. The molecule has 0 aromatic heterocycles. The molecule has 1 aliphatic rings. The minimum absolute atomic E-state index is 0.0867. The van der Waals surface area contributed by atoms with Crippen LogP contribution >= 0.6 is 23.2 Å². The number of amides is 3. The minimum atomic E-state index is -0.864. The van der Waals surface area contributed by atoms with Gasteiger partial charge in [0.1, 0.15) is 12.6 Å². The molecule has 9 heteroatoms. The number of halogens is 2. The molecule has 0 fully saturated rings. The van der Waals surface area contributed by atoms with Crippen molar-refractivity contribution in [3.63, 3.8) is 0 Å². The maximum atomic E-state index is 12.4. The van der Waals surface area contributed by atoms with Crippen LogP contribution < -0.4 is 5.32 Å². The molecule has 1 N–H and O–H groups in total. The van der Waals surface area contributed by atoms with Crippen LogP contribution in [0.3, 0.4) is 0 Å². The number of imide groups is 1. The standard InChI is InChI=1S/C17H18Cl2N2O5/c1-4-8(2)14(17(25)26-3)20-13(22)7-21-15(23)9-5-11(18)12(19)6-10(9)16(21)24/h5-6,8,14H,4,7H2,1-3H3,(H,20,22)/t8-,14-/m0/s1. The Bertz CT molecular complexity index is 740. The minimum Gasteiger partial charge on any atom is -0.467 e. The SMILES string of the molecule is CC[C@H](C)[C@H](NC(=O)CN1C(=O)c2cc(Cl)c(Cl)cc2C1=O)C(=O)OC. The van der Waals surface area contributed by atoms with Crippen molar-refractivity contribution >= 4 is 46.9 Å². The van der Waals surface area contributed by atoms with Crippen molar-refractivity contribution in [3.05, 3.63) is 33.3 Å². The van der Waals surface area contributed by atoms with Crippen LogP contribution in [0.5, 0.6) is 0 Å². The number of benzene rings is 1. The van der Waals surface area contributed by atoms with Crippen LogP contribution in [0, 0.1) is 5.92 Å². The lowest BCUT2D eigenvalue weighted by molar-refractivity contribution is -0.146. The number of hydrogen-bond donors (Lipinski definition) is 1. The number of carbonyl (C=O) groups is 4. The molecule has 0 unspecified atom stereocenters. The Kier molecular flexibility index (Phi) is 6.26. The second-order valence-electron chi connectivity index (χ2n) is 5.96. The zero-order valence-corrected chi connectivity index (χ0v) is 16.0. The molecule has 2 atom stereocenters. The largest absolute Gasteiger partial charge is 0.467 e. The molecule has 7 nitrogen and oxygen atoms in total. The van der Waals surface area contributed by atoms with E-state index >= 15 is 0 Å². The Hall–Kier alpha value is -2.12. The van der Waals surface area contributed by atoms with Crippen molar-refractivity contribution in [2.75, 3.05) is 13.7 Å². The number of methoxy groups -OCH3 is 1. The highest BCUT2D eigenvalue weighted by molar-refractivity contribution is 6.43. The van der Waals surface area contributed by atoms with Gasteiger partial charge in [0.15, 0.2) is 0 Å². The fourth-order valence-electron chi connectivity index (χ4n) is 2.59.